The summed E-state index contributed by atoms with van der Waals surface area (Å²) in [6.07, 6.45) is -3.07. The quantitative estimate of drug-likeness (QED) is 0.562. The number of nitriles is 1. The number of piperidine rings is 1. The lowest BCUT2D eigenvalue weighted by atomic mass is 9.85. The molecular formula is C23H19F3N6O3. The van der Waals surface area contributed by atoms with E-state index in [-0.39, 0.29) is 11.4 Å². The number of rotatable bonds is 3. The van der Waals surface area contributed by atoms with Crippen LogP contribution < -0.4 is 15.3 Å². The number of aryl methyl sites for hydroxylation is 1. The van der Waals surface area contributed by atoms with E-state index in [1.807, 2.05) is 11.0 Å². The van der Waals surface area contributed by atoms with Gasteiger partial charge in [-0.2, -0.15) is 10.2 Å². The first-order chi connectivity index (χ1) is 16.7. The third-order valence-electron chi connectivity index (χ3n) is 6.28. The maximum absolute atomic E-state index is 12.4. The molecule has 1 spiro atoms. The fraction of sp³-hybridized carbons (Fsp3) is 0.348. The SMILES string of the molecule is Cn1c(=O)nc(N2CCC3(CC2)CC(c2ccc(OC(F)(F)F)cc2)=NO3)c2nc(C#N)ccc21. The molecule has 35 heavy (non-hydrogen) atoms. The van der Waals surface area contributed by atoms with Gasteiger partial charge in [-0.15, -0.1) is 13.2 Å². The zero-order chi connectivity index (χ0) is 24.8. The highest BCUT2D eigenvalue weighted by Crippen LogP contribution is 2.38. The number of hydrogen-bond donors (Lipinski definition) is 0. The van der Waals surface area contributed by atoms with Gasteiger partial charge < -0.3 is 14.5 Å². The summed E-state index contributed by atoms with van der Waals surface area (Å²) in [5.74, 6) is 0.125. The summed E-state index contributed by atoms with van der Waals surface area (Å²) in [7, 11) is 1.60. The first kappa shape index (κ1) is 22.6. The Balaban J connectivity index is 1.31. The van der Waals surface area contributed by atoms with Crippen LogP contribution in [0.4, 0.5) is 19.0 Å². The number of halogens is 3. The number of hydrogen-bond acceptors (Lipinski definition) is 8. The Labute approximate surface area is 197 Å². The van der Waals surface area contributed by atoms with Crippen LogP contribution in [0, 0.1) is 11.3 Å². The Kier molecular flexibility index (Phi) is 5.35. The molecule has 1 fully saturated rings. The van der Waals surface area contributed by atoms with E-state index in [4.69, 9.17) is 4.84 Å². The molecule has 0 unspecified atom stereocenters. The number of ether oxygens (including phenoxy) is 1. The fourth-order valence-corrected chi connectivity index (χ4v) is 4.41. The zero-order valence-electron chi connectivity index (χ0n) is 18.5. The molecule has 1 saturated heterocycles. The van der Waals surface area contributed by atoms with Gasteiger partial charge in [-0.05, 0) is 42.0 Å². The Morgan fingerprint density at radius 1 is 1.11 bits per heavy atom. The molecule has 0 bridgehead atoms. The van der Waals surface area contributed by atoms with Gasteiger partial charge in [0.2, 0.25) is 0 Å². The van der Waals surface area contributed by atoms with E-state index < -0.39 is 17.7 Å². The highest BCUT2D eigenvalue weighted by molar-refractivity contribution is 6.01. The minimum Gasteiger partial charge on any atom is -0.406 e. The summed E-state index contributed by atoms with van der Waals surface area (Å²) in [6, 6.07) is 10.8. The number of nitrogens with zero attached hydrogens (tertiary/aromatic N) is 6. The maximum Gasteiger partial charge on any atom is 0.573 e. The van der Waals surface area contributed by atoms with E-state index in [0.717, 1.165) is 0 Å². The Morgan fingerprint density at radius 3 is 2.49 bits per heavy atom. The Bertz CT molecular complexity index is 1420. The lowest BCUT2D eigenvalue weighted by Crippen LogP contribution is -2.45. The van der Waals surface area contributed by atoms with Gasteiger partial charge in [-0.25, -0.2) is 9.78 Å². The predicted octanol–water partition coefficient (Wildman–Crippen LogP) is 3.26. The summed E-state index contributed by atoms with van der Waals surface area (Å²) in [5, 5.41) is 13.4. The molecule has 9 nitrogen and oxygen atoms in total. The lowest BCUT2D eigenvalue weighted by molar-refractivity contribution is -0.274. The van der Waals surface area contributed by atoms with E-state index in [1.54, 1.807) is 19.2 Å². The summed E-state index contributed by atoms with van der Waals surface area (Å²) in [6.45, 7) is 1.05. The van der Waals surface area contributed by atoms with Crippen LogP contribution in [0.1, 0.15) is 30.5 Å². The number of fused-ring (bicyclic) bond motifs is 1. The van der Waals surface area contributed by atoms with Crippen molar-refractivity contribution < 1.29 is 22.7 Å². The summed E-state index contributed by atoms with van der Waals surface area (Å²) < 4.78 is 42.5. The molecular weight excluding hydrogens is 465 g/mol. The van der Waals surface area contributed by atoms with E-state index >= 15 is 0 Å². The van der Waals surface area contributed by atoms with Crippen molar-refractivity contribution in [1.82, 2.24) is 14.5 Å². The minimum atomic E-state index is -4.75. The number of oxime groups is 1. The second kappa shape index (κ2) is 8.26. The number of anilines is 1. The summed E-state index contributed by atoms with van der Waals surface area (Å²) >= 11 is 0. The summed E-state index contributed by atoms with van der Waals surface area (Å²) in [5.41, 5.74) is 1.64. The van der Waals surface area contributed by atoms with Crippen molar-refractivity contribution in [2.45, 2.75) is 31.2 Å². The van der Waals surface area contributed by atoms with E-state index in [1.165, 1.54) is 28.8 Å². The Morgan fingerprint density at radius 2 is 1.83 bits per heavy atom. The van der Waals surface area contributed by atoms with Crippen molar-refractivity contribution in [2.75, 3.05) is 18.0 Å². The molecule has 1 aromatic carbocycles. The molecule has 0 atom stereocenters. The van der Waals surface area contributed by atoms with Crippen LogP contribution >= 0.6 is 0 Å². The average Bonchev–Trinajstić information content (AvgIpc) is 3.24. The molecule has 0 radical (unpaired) electrons. The molecule has 0 N–H and O–H groups in total. The van der Waals surface area contributed by atoms with Crippen molar-refractivity contribution in [3.63, 3.8) is 0 Å². The smallest absolute Gasteiger partial charge is 0.406 e. The minimum absolute atomic E-state index is 0.233. The Hall–Kier alpha value is -4.14. The highest BCUT2D eigenvalue weighted by Gasteiger charge is 2.43. The van der Waals surface area contributed by atoms with Crippen molar-refractivity contribution in [3.05, 3.63) is 58.1 Å². The van der Waals surface area contributed by atoms with Crippen LogP contribution in [0.15, 0.2) is 46.3 Å². The lowest BCUT2D eigenvalue weighted by Gasteiger charge is -2.37. The standard InChI is InChI=1S/C23H19F3N6O3/c1-31-18-7-4-15(13-27)28-19(18)20(29-21(31)33)32-10-8-22(9-11-32)12-17(30-35-22)14-2-5-16(6-3-14)34-23(24,25)26/h2-7H,8-12H2,1H3. The van der Waals surface area contributed by atoms with Gasteiger partial charge in [0.25, 0.3) is 0 Å². The summed E-state index contributed by atoms with van der Waals surface area (Å²) in [4.78, 5) is 28.8. The van der Waals surface area contributed by atoms with Crippen molar-refractivity contribution in [3.8, 4) is 11.8 Å². The molecule has 2 aromatic heterocycles. The largest absolute Gasteiger partial charge is 0.573 e. The van der Waals surface area contributed by atoms with Crippen LogP contribution in [0.2, 0.25) is 0 Å². The average molecular weight is 484 g/mol. The van der Waals surface area contributed by atoms with Crippen LogP contribution in [-0.2, 0) is 11.9 Å². The third kappa shape index (κ3) is 4.37. The second-order valence-electron chi connectivity index (χ2n) is 8.50. The van der Waals surface area contributed by atoms with Gasteiger partial charge in [0.1, 0.15) is 28.6 Å². The van der Waals surface area contributed by atoms with Gasteiger partial charge in [0.05, 0.1) is 11.2 Å². The molecule has 3 aromatic rings. The highest BCUT2D eigenvalue weighted by atomic mass is 19.4. The fourth-order valence-electron chi connectivity index (χ4n) is 4.41. The number of aromatic nitrogens is 3. The third-order valence-corrected chi connectivity index (χ3v) is 6.28. The normalized spacial score (nSPS) is 17.2. The topological polar surface area (TPSA) is 106 Å². The first-order valence-corrected chi connectivity index (χ1v) is 10.8. The van der Waals surface area contributed by atoms with Crippen molar-refractivity contribution in [1.29, 1.82) is 5.26 Å². The molecule has 0 saturated carbocycles. The maximum atomic E-state index is 12.4. The first-order valence-electron chi connectivity index (χ1n) is 10.8. The van der Waals surface area contributed by atoms with Crippen LogP contribution in [0.25, 0.3) is 11.0 Å². The second-order valence-corrected chi connectivity index (χ2v) is 8.50. The monoisotopic (exact) mass is 484 g/mol. The molecule has 0 amide bonds. The van der Waals surface area contributed by atoms with Gasteiger partial charge in [-0.3, -0.25) is 4.57 Å². The number of pyridine rings is 1. The van der Waals surface area contributed by atoms with Gasteiger partial charge in [-0.1, -0.05) is 5.16 Å². The van der Waals surface area contributed by atoms with Crippen LogP contribution in [-0.4, -0.2) is 45.3 Å². The molecule has 0 aliphatic carbocycles. The van der Waals surface area contributed by atoms with Crippen LogP contribution in [0.5, 0.6) is 5.75 Å². The van der Waals surface area contributed by atoms with E-state index in [0.29, 0.717) is 60.5 Å². The van der Waals surface area contributed by atoms with Crippen molar-refractivity contribution in [2.24, 2.45) is 12.2 Å². The molecule has 12 heteroatoms. The van der Waals surface area contributed by atoms with Gasteiger partial charge in [0, 0.05) is 39.4 Å². The predicted molar refractivity (Wildman–Crippen MR) is 119 cm³/mol. The molecule has 180 valence electrons. The number of benzene rings is 1. The number of alkyl halides is 3. The molecule has 4 heterocycles. The zero-order valence-corrected chi connectivity index (χ0v) is 18.5. The molecule has 2 aliphatic heterocycles. The van der Waals surface area contributed by atoms with Gasteiger partial charge >= 0.3 is 12.1 Å². The molecule has 2 aliphatic rings. The van der Waals surface area contributed by atoms with Gasteiger partial charge in [0.15, 0.2) is 5.82 Å². The van der Waals surface area contributed by atoms with E-state index in [9.17, 15) is 23.2 Å². The molecule has 5 rings (SSSR count). The van der Waals surface area contributed by atoms with Crippen LogP contribution in [0.3, 0.4) is 0 Å². The van der Waals surface area contributed by atoms with Crippen molar-refractivity contribution >= 4 is 22.6 Å². The van der Waals surface area contributed by atoms with E-state index in [2.05, 4.69) is 19.9 Å².